The minimum atomic E-state index is -0.630. The number of primary amides is 1. The van der Waals surface area contributed by atoms with Gasteiger partial charge in [-0.05, 0) is 13.3 Å². The fraction of sp³-hybridized carbons (Fsp3) is 0.455. The van der Waals surface area contributed by atoms with Crippen molar-refractivity contribution in [2.45, 2.75) is 20.3 Å². The summed E-state index contributed by atoms with van der Waals surface area (Å²) in [6.07, 6.45) is 0.833. The van der Waals surface area contributed by atoms with E-state index in [0.717, 1.165) is 17.8 Å². The third kappa shape index (κ3) is 2.92. The van der Waals surface area contributed by atoms with Crippen molar-refractivity contribution in [2.75, 3.05) is 24.1 Å². The van der Waals surface area contributed by atoms with Gasteiger partial charge in [-0.2, -0.15) is 0 Å². The highest BCUT2D eigenvalue weighted by Gasteiger charge is 2.23. The SMILES string of the molecule is CCCNC(=O)c1sc(NCC)c(C(N)=O)c1N. The van der Waals surface area contributed by atoms with E-state index >= 15 is 0 Å². The van der Waals surface area contributed by atoms with Crippen LogP contribution in [0.4, 0.5) is 10.7 Å². The molecule has 1 aromatic rings. The molecule has 100 valence electrons. The molecular weight excluding hydrogens is 252 g/mol. The van der Waals surface area contributed by atoms with Crippen LogP contribution in [0.25, 0.3) is 0 Å². The van der Waals surface area contributed by atoms with E-state index in [4.69, 9.17) is 11.5 Å². The van der Waals surface area contributed by atoms with Gasteiger partial charge in [0.15, 0.2) is 0 Å². The van der Waals surface area contributed by atoms with Gasteiger partial charge in [-0.3, -0.25) is 9.59 Å². The Kier molecular flexibility index (Phi) is 4.96. The molecule has 0 aliphatic heterocycles. The molecule has 0 bridgehead atoms. The van der Waals surface area contributed by atoms with Gasteiger partial charge in [-0.1, -0.05) is 6.92 Å². The van der Waals surface area contributed by atoms with Crippen molar-refractivity contribution in [3.05, 3.63) is 10.4 Å². The largest absolute Gasteiger partial charge is 0.397 e. The maximum atomic E-state index is 11.9. The summed E-state index contributed by atoms with van der Waals surface area (Å²) in [6, 6.07) is 0. The van der Waals surface area contributed by atoms with Crippen molar-refractivity contribution in [1.29, 1.82) is 0 Å². The van der Waals surface area contributed by atoms with Gasteiger partial charge >= 0.3 is 0 Å². The van der Waals surface area contributed by atoms with Crippen molar-refractivity contribution >= 4 is 33.8 Å². The molecule has 0 aliphatic carbocycles. The highest BCUT2D eigenvalue weighted by molar-refractivity contribution is 7.19. The van der Waals surface area contributed by atoms with Crippen LogP contribution in [0.1, 0.15) is 40.3 Å². The average Bonchev–Trinajstić information content (AvgIpc) is 2.64. The van der Waals surface area contributed by atoms with Gasteiger partial charge in [0.05, 0.1) is 11.3 Å². The van der Waals surface area contributed by atoms with Crippen molar-refractivity contribution < 1.29 is 9.59 Å². The zero-order chi connectivity index (χ0) is 13.7. The molecule has 7 heteroatoms. The maximum absolute atomic E-state index is 11.9. The Morgan fingerprint density at radius 3 is 2.50 bits per heavy atom. The van der Waals surface area contributed by atoms with Crippen LogP contribution in [0.3, 0.4) is 0 Å². The molecule has 0 atom stereocenters. The number of thiophene rings is 1. The molecule has 0 aromatic carbocycles. The smallest absolute Gasteiger partial charge is 0.263 e. The minimum Gasteiger partial charge on any atom is -0.397 e. The summed E-state index contributed by atoms with van der Waals surface area (Å²) < 4.78 is 0. The first-order chi connectivity index (χ1) is 8.52. The molecule has 6 N–H and O–H groups in total. The molecule has 1 heterocycles. The van der Waals surface area contributed by atoms with Crippen LogP contribution in [0.2, 0.25) is 0 Å². The lowest BCUT2D eigenvalue weighted by molar-refractivity contribution is 0.0958. The third-order valence-electron chi connectivity index (χ3n) is 2.27. The van der Waals surface area contributed by atoms with Crippen LogP contribution < -0.4 is 22.1 Å². The Morgan fingerprint density at radius 2 is 2.00 bits per heavy atom. The predicted molar refractivity (Wildman–Crippen MR) is 74.0 cm³/mol. The number of rotatable bonds is 6. The standard InChI is InChI=1S/C11H18N4O2S/c1-3-5-15-10(17)8-7(12)6(9(13)16)11(18-8)14-4-2/h14H,3-5,12H2,1-2H3,(H2,13,16)(H,15,17). The molecule has 6 nitrogen and oxygen atoms in total. The van der Waals surface area contributed by atoms with Crippen molar-refractivity contribution in [3.63, 3.8) is 0 Å². The molecule has 0 fully saturated rings. The van der Waals surface area contributed by atoms with E-state index in [1.54, 1.807) is 0 Å². The van der Waals surface area contributed by atoms with E-state index in [2.05, 4.69) is 10.6 Å². The number of nitrogen functional groups attached to an aromatic ring is 1. The van der Waals surface area contributed by atoms with Gasteiger partial charge in [0.2, 0.25) is 0 Å². The Morgan fingerprint density at radius 1 is 1.33 bits per heavy atom. The lowest BCUT2D eigenvalue weighted by Crippen LogP contribution is -2.24. The van der Waals surface area contributed by atoms with Crippen LogP contribution in [-0.4, -0.2) is 24.9 Å². The van der Waals surface area contributed by atoms with Crippen molar-refractivity contribution in [3.8, 4) is 0 Å². The number of nitrogens with two attached hydrogens (primary N) is 2. The molecule has 0 unspecified atom stereocenters. The first-order valence-corrected chi connectivity index (χ1v) is 6.58. The highest BCUT2D eigenvalue weighted by atomic mass is 32.1. The number of amides is 2. The summed E-state index contributed by atoms with van der Waals surface area (Å²) in [5, 5.41) is 6.26. The summed E-state index contributed by atoms with van der Waals surface area (Å²) in [4.78, 5) is 23.5. The number of anilines is 2. The molecule has 0 spiro atoms. The Hall–Kier alpha value is -1.76. The molecule has 0 radical (unpaired) electrons. The van der Waals surface area contributed by atoms with Crippen LogP contribution in [0.15, 0.2) is 0 Å². The first-order valence-electron chi connectivity index (χ1n) is 5.77. The monoisotopic (exact) mass is 270 g/mol. The van der Waals surface area contributed by atoms with Crippen LogP contribution in [0.5, 0.6) is 0 Å². The molecule has 1 aromatic heterocycles. The van der Waals surface area contributed by atoms with Gasteiger partial charge in [0.25, 0.3) is 11.8 Å². The molecule has 0 saturated heterocycles. The normalized spacial score (nSPS) is 10.1. The zero-order valence-corrected chi connectivity index (χ0v) is 11.3. The average molecular weight is 270 g/mol. The van der Waals surface area contributed by atoms with E-state index in [-0.39, 0.29) is 17.2 Å². The second-order valence-corrected chi connectivity index (χ2v) is 4.72. The maximum Gasteiger partial charge on any atom is 0.263 e. The quantitative estimate of drug-likeness (QED) is 0.618. The minimum absolute atomic E-state index is 0.150. The summed E-state index contributed by atoms with van der Waals surface area (Å²) in [5.41, 5.74) is 11.4. The lowest BCUT2D eigenvalue weighted by Gasteiger charge is -2.02. The van der Waals surface area contributed by atoms with Gasteiger partial charge < -0.3 is 22.1 Å². The zero-order valence-electron chi connectivity index (χ0n) is 10.5. The Labute approximate surface area is 110 Å². The lowest BCUT2D eigenvalue weighted by atomic mass is 10.2. The fourth-order valence-electron chi connectivity index (χ4n) is 1.46. The van der Waals surface area contributed by atoms with Gasteiger partial charge in [0, 0.05) is 13.1 Å². The fourth-order valence-corrected chi connectivity index (χ4v) is 2.57. The van der Waals surface area contributed by atoms with E-state index in [0.29, 0.717) is 23.0 Å². The number of nitrogens with one attached hydrogen (secondary N) is 2. The summed E-state index contributed by atoms with van der Waals surface area (Å²) >= 11 is 1.15. The summed E-state index contributed by atoms with van der Waals surface area (Å²) in [6.45, 7) is 5.03. The molecule has 2 amide bonds. The molecule has 0 saturated carbocycles. The molecule has 18 heavy (non-hydrogen) atoms. The Balaban J connectivity index is 3.10. The molecule has 1 rings (SSSR count). The summed E-state index contributed by atoms with van der Waals surface area (Å²) in [7, 11) is 0. The second-order valence-electron chi connectivity index (χ2n) is 3.70. The summed E-state index contributed by atoms with van der Waals surface area (Å²) in [5.74, 6) is -0.903. The van der Waals surface area contributed by atoms with E-state index in [9.17, 15) is 9.59 Å². The molecular formula is C11H18N4O2S. The van der Waals surface area contributed by atoms with Crippen LogP contribution >= 0.6 is 11.3 Å². The van der Waals surface area contributed by atoms with E-state index in [1.165, 1.54) is 0 Å². The highest BCUT2D eigenvalue weighted by Crippen LogP contribution is 2.35. The topological polar surface area (TPSA) is 110 Å². The second kappa shape index (κ2) is 6.25. The van der Waals surface area contributed by atoms with Crippen LogP contribution in [0, 0.1) is 0 Å². The van der Waals surface area contributed by atoms with Gasteiger partial charge in [-0.25, -0.2) is 0 Å². The number of hydrogen-bond donors (Lipinski definition) is 4. The molecule has 0 aliphatic rings. The third-order valence-corrected chi connectivity index (χ3v) is 3.43. The van der Waals surface area contributed by atoms with E-state index in [1.807, 2.05) is 13.8 Å². The number of carbonyl (C=O) groups is 2. The Bertz CT molecular complexity index is 456. The van der Waals surface area contributed by atoms with E-state index < -0.39 is 5.91 Å². The predicted octanol–water partition coefficient (Wildman–Crippen LogP) is 1.00. The first kappa shape index (κ1) is 14.3. The van der Waals surface area contributed by atoms with Gasteiger partial charge in [-0.15, -0.1) is 11.3 Å². The number of hydrogen-bond acceptors (Lipinski definition) is 5. The van der Waals surface area contributed by atoms with Crippen LogP contribution in [-0.2, 0) is 0 Å². The number of carbonyl (C=O) groups excluding carboxylic acids is 2. The van der Waals surface area contributed by atoms with Gasteiger partial charge in [0.1, 0.15) is 9.88 Å². The van der Waals surface area contributed by atoms with Crippen molar-refractivity contribution in [1.82, 2.24) is 5.32 Å². The van der Waals surface area contributed by atoms with Crippen molar-refractivity contribution in [2.24, 2.45) is 5.73 Å².